The molecule has 6 heteroatoms. The molecular formula is C3H12NO4P. The smallest absolute Gasteiger partial charge is 0.344 e. The molecule has 0 aromatic rings. The second-order valence-corrected chi connectivity index (χ2v) is 2.56. The van der Waals surface area contributed by atoms with E-state index in [0.29, 0.717) is 6.42 Å². The van der Waals surface area contributed by atoms with Crippen molar-refractivity contribution < 1.29 is 18.9 Å². The first-order valence-electron chi connectivity index (χ1n) is 2.26. The van der Waals surface area contributed by atoms with Crippen LogP contribution < -0.4 is 6.15 Å². The summed E-state index contributed by atoms with van der Waals surface area (Å²) in [6.07, 6.45) is 0.616. The molecule has 0 spiro atoms. The van der Waals surface area contributed by atoms with Crippen LogP contribution in [0.4, 0.5) is 0 Å². The highest BCUT2D eigenvalue weighted by Gasteiger charge is 2.11. The van der Waals surface area contributed by atoms with Crippen LogP contribution in [0.15, 0.2) is 0 Å². The normalized spacial score (nSPS) is 10.6. The fourth-order valence-corrected chi connectivity index (χ4v) is 0.631. The maximum Gasteiger partial charge on any atom is 0.469 e. The van der Waals surface area contributed by atoms with E-state index in [0.717, 1.165) is 0 Å². The minimum absolute atomic E-state index is 0. The fraction of sp³-hybridized carbons (Fsp3) is 1.00. The van der Waals surface area contributed by atoms with Crippen molar-refractivity contribution >= 4 is 7.82 Å². The van der Waals surface area contributed by atoms with Gasteiger partial charge in [0.2, 0.25) is 0 Å². The highest BCUT2D eigenvalue weighted by molar-refractivity contribution is 7.46. The van der Waals surface area contributed by atoms with Crippen molar-refractivity contribution in [2.75, 3.05) is 6.61 Å². The minimum atomic E-state index is -4.18. The van der Waals surface area contributed by atoms with Crippen molar-refractivity contribution in [1.29, 1.82) is 0 Å². The molecule has 0 aliphatic heterocycles. The lowest BCUT2D eigenvalue weighted by atomic mass is 10.5. The molecule has 0 rings (SSSR count). The second kappa shape index (κ2) is 4.90. The number of rotatable bonds is 3. The Balaban J connectivity index is 0. The third-order valence-corrected chi connectivity index (χ3v) is 0.983. The molecule has 0 saturated carbocycles. The van der Waals surface area contributed by atoms with Crippen LogP contribution in [0.25, 0.3) is 0 Å². The first kappa shape index (κ1) is 11.8. The summed E-state index contributed by atoms with van der Waals surface area (Å²) in [7, 11) is -4.18. The van der Waals surface area contributed by atoms with Gasteiger partial charge in [-0.05, 0) is 6.42 Å². The topological polar surface area (TPSA) is 102 Å². The third-order valence-electron chi connectivity index (χ3n) is 0.464. The van der Waals surface area contributed by atoms with Gasteiger partial charge in [-0.25, -0.2) is 4.57 Å². The van der Waals surface area contributed by atoms with E-state index in [1.807, 2.05) is 0 Å². The zero-order valence-electron chi connectivity index (χ0n) is 5.28. The summed E-state index contributed by atoms with van der Waals surface area (Å²) in [5.41, 5.74) is 0. The average Bonchev–Trinajstić information content (AvgIpc) is 1.59. The first-order chi connectivity index (χ1) is 3.56. The fourth-order valence-electron chi connectivity index (χ4n) is 0.210. The molecule has 58 valence electrons. The Morgan fingerprint density at radius 2 is 2.00 bits per heavy atom. The predicted octanol–water partition coefficient (Wildman–Crippen LogP) is 0.668. The van der Waals surface area contributed by atoms with Gasteiger partial charge < -0.3 is 15.9 Å². The van der Waals surface area contributed by atoms with Gasteiger partial charge in [-0.3, -0.25) is 4.52 Å². The van der Waals surface area contributed by atoms with Crippen molar-refractivity contribution in [3.8, 4) is 0 Å². The number of phosphoric ester groups is 1. The quantitative estimate of drug-likeness (QED) is 0.522. The maximum absolute atomic E-state index is 9.86. The Morgan fingerprint density at radius 3 is 2.11 bits per heavy atom. The van der Waals surface area contributed by atoms with E-state index >= 15 is 0 Å². The molecule has 9 heavy (non-hydrogen) atoms. The summed E-state index contributed by atoms with van der Waals surface area (Å²) in [6.45, 7) is 1.89. The van der Waals surface area contributed by atoms with Crippen LogP contribution in [-0.2, 0) is 9.09 Å². The lowest BCUT2D eigenvalue weighted by Crippen LogP contribution is -1.88. The molecule has 0 aromatic heterocycles. The van der Waals surface area contributed by atoms with Crippen molar-refractivity contribution in [2.24, 2.45) is 0 Å². The Bertz CT molecular complexity index is 100.0. The second-order valence-electron chi connectivity index (χ2n) is 1.32. The molecule has 0 fully saturated rings. The summed E-state index contributed by atoms with van der Waals surface area (Å²) in [6, 6.07) is 0. The first-order valence-corrected chi connectivity index (χ1v) is 3.79. The van der Waals surface area contributed by atoms with E-state index in [1.54, 1.807) is 6.92 Å². The molecular weight excluding hydrogens is 145 g/mol. The van der Waals surface area contributed by atoms with Crippen LogP contribution >= 0.6 is 7.82 Å². The van der Waals surface area contributed by atoms with Gasteiger partial charge in [0.1, 0.15) is 0 Å². The monoisotopic (exact) mass is 157 g/mol. The summed E-state index contributed by atoms with van der Waals surface area (Å²) >= 11 is 0. The van der Waals surface area contributed by atoms with E-state index in [-0.39, 0.29) is 12.8 Å². The summed E-state index contributed by atoms with van der Waals surface area (Å²) in [4.78, 5) is 16.1. The third kappa shape index (κ3) is 11.6. The number of hydrogen-bond donors (Lipinski definition) is 3. The molecule has 0 aliphatic carbocycles. The van der Waals surface area contributed by atoms with Gasteiger partial charge in [-0.2, -0.15) is 0 Å². The average molecular weight is 157 g/mol. The minimum Gasteiger partial charge on any atom is -0.344 e. The van der Waals surface area contributed by atoms with E-state index in [1.165, 1.54) is 0 Å². The van der Waals surface area contributed by atoms with Gasteiger partial charge in [-0.15, -0.1) is 0 Å². The lowest BCUT2D eigenvalue weighted by molar-refractivity contribution is 0.197. The molecule has 0 bridgehead atoms. The van der Waals surface area contributed by atoms with Crippen LogP contribution in [0.2, 0.25) is 0 Å². The largest absolute Gasteiger partial charge is 0.469 e. The lowest BCUT2D eigenvalue weighted by Gasteiger charge is -2.00. The molecule has 0 radical (unpaired) electrons. The van der Waals surface area contributed by atoms with E-state index in [2.05, 4.69) is 4.52 Å². The van der Waals surface area contributed by atoms with Gasteiger partial charge in [0.15, 0.2) is 0 Å². The molecule has 0 saturated heterocycles. The standard InChI is InChI=1S/C3H9O4P.H3N/c1-2-3-7-8(4,5)6;/h2-3H2,1H3,(H2,4,5,6);1H3. The Labute approximate surface area is 53.9 Å². The van der Waals surface area contributed by atoms with E-state index < -0.39 is 7.82 Å². The summed E-state index contributed by atoms with van der Waals surface area (Å²) in [5.74, 6) is 0. The summed E-state index contributed by atoms with van der Waals surface area (Å²) in [5, 5.41) is 0. The van der Waals surface area contributed by atoms with E-state index in [9.17, 15) is 4.57 Å². The van der Waals surface area contributed by atoms with Crippen LogP contribution in [-0.4, -0.2) is 16.4 Å². The molecule has 0 amide bonds. The van der Waals surface area contributed by atoms with Crippen molar-refractivity contribution in [3.63, 3.8) is 0 Å². The molecule has 5 nitrogen and oxygen atoms in total. The molecule has 0 unspecified atom stereocenters. The highest BCUT2D eigenvalue weighted by Crippen LogP contribution is 2.35. The highest BCUT2D eigenvalue weighted by atomic mass is 31.2. The number of hydrogen-bond acceptors (Lipinski definition) is 3. The molecule has 0 aromatic carbocycles. The van der Waals surface area contributed by atoms with E-state index in [4.69, 9.17) is 9.79 Å². The van der Waals surface area contributed by atoms with Gasteiger partial charge in [0, 0.05) is 0 Å². The van der Waals surface area contributed by atoms with Crippen LogP contribution in [0.5, 0.6) is 0 Å². The van der Waals surface area contributed by atoms with Crippen molar-refractivity contribution in [2.45, 2.75) is 13.3 Å². The summed E-state index contributed by atoms with van der Waals surface area (Å²) < 4.78 is 13.9. The van der Waals surface area contributed by atoms with Gasteiger partial charge in [-0.1, -0.05) is 6.92 Å². The Morgan fingerprint density at radius 1 is 1.56 bits per heavy atom. The molecule has 0 aliphatic rings. The zero-order valence-corrected chi connectivity index (χ0v) is 6.17. The van der Waals surface area contributed by atoms with Crippen molar-refractivity contribution in [1.82, 2.24) is 6.15 Å². The van der Waals surface area contributed by atoms with Crippen LogP contribution in [0.3, 0.4) is 0 Å². The molecule has 5 N–H and O–H groups in total. The molecule has 0 atom stereocenters. The SMILES string of the molecule is CCCOP(=O)(O)O.N. The van der Waals surface area contributed by atoms with Crippen molar-refractivity contribution in [3.05, 3.63) is 0 Å². The van der Waals surface area contributed by atoms with Gasteiger partial charge in [0.05, 0.1) is 6.61 Å². The van der Waals surface area contributed by atoms with Crippen LogP contribution in [0.1, 0.15) is 13.3 Å². The van der Waals surface area contributed by atoms with Crippen LogP contribution in [0, 0.1) is 0 Å². The predicted molar refractivity (Wildman–Crippen MR) is 33.3 cm³/mol. The van der Waals surface area contributed by atoms with Gasteiger partial charge in [0.25, 0.3) is 0 Å². The maximum atomic E-state index is 9.86. The zero-order chi connectivity index (χ0) is 6.62. The number of phosphoric acid groups is 1. The Hall–Kier alpha value is 0.0700. The Kier molecular flexibility index (Phi) is 6.44. The molecule has 0 heterocycles. The van der Waals surface area contributed by atoms with Gasteiger partial charge >= 0.3 is 7.82 Å².